The maximum absolute atomic E-state index is 9.51. The van der Waals surface area contributed by atoms with Crippen LogP contribution >= 0.6 is 0 Å². The molecule has 1 heteroatoms. The van der Waals surface area contributed by atoms with Crippen LogP contribution < -0.4 is 0 Å². The molecule has 0 heterocycles. The molecule has 0 aliphatic heterocycles. The van der Waals surface area contributed by atoms with E-state index in [1.165, 1.54) is 69.8 Å². The summed E-state index contributed by atoms with van der Waals surface area (Å²) in [4.78, 5) is 0. The van der Waals surface area contributed by atoms with E-state index in [9.17, 15) is 5.26 Å². The summed E-state index contributed by atoms with van der Waals surface area (Å²) < 4.78 is 0. The Bertz CT molecular complexity index is 592. The first-order chi connectivity index (χ1) is 13.2. The van der Waals surface area contributed by atoms with Gasteiger partial charge in [0.25, 0.3) is 0 Å². The van der Waals surface area contributed by atoms with Gasteiger partial charge in [0.15, 0.2) is 0 Å². The lowest BCUT2D eigenvalue weighted by Gasteiger charge is -2.34. The zero-order valence-corrected chi connectivity index (χ0v) is 17.7. The fourth-order valence-corrected chi connectivity index (χ4v) is 5.56. The molecule has 2 aliphatic rings. The molecule has 2 saturated carbocycles. The summed E-state index contributed by atoms with van der Waals surface area (Å²) in [7, 11) is 0. The summed E-state index contributed by atoms with van der Waals surface area (Å²) in [5, 5.41) is 9.51. The SMILES string of the molecule is CCCCC[C@H]1CC[C@H](c2ccc([C@H]3CC[C@@](C#N)(CC)CC3)cc2)CC1. The molecule has 1 aromatic rings. The van der Waals surface area contributed by atoms with Crippen LogP contribution in [0.4, 0.5) is 0 Å². The van der Waals surface area contributed by atoms with E-state index in [1.54, 1.807) is 5.56 Å². The fourth-order valence-electron chi connectivity index (χ4n) is 5.56. The molecule has 0 amide bonds. The molecule has 2 fully saturated rings. The molecular weight excluding hydrogens is 326 g/mol. The fraction of sp³-hybridized carbons (Fsp3) is 0.731. The van der Waals surface area contributed by atoms with E-state index in [0.29, 0.717) is 5.92 Å². The van der Waals surface area contributed by atoms with E-state index in [2.05, 4.69) is 44.2 Å². The number of hydrogen-bond acceptors (Lipinski definition) is 1. The molecule has 0 bridgehead atoms. The highest BCUT2D eigenvalue weighted by Gasteiger charge is 2.34. The van der Waals surface area contributed by atoms with E-state index >= 15 is 0 Å². The monoisotopic (exact) mass is 365 g/mol. The minimum atomic E-state index is -0.0355. The molecule has 0 atom stereocenters. The van der Waals surface area contributed by atoms with E-state index in [0.717, 1.165) is 31.1 Å². The van der Waals surface area contributed by atoms with Gasteiger partial charge < -0.3 is 0 Å². The summed E-state index contributed by atoms with van der Waals surface area (Å²) in [6.07, 6.45) is 16.8. The smallest absolute Gasteiger partial charge is 0.0689 e. The lowest BCUT2D eigenvalue weighted by atomic mass is 9.68. The third kappa shape index (κ3) is 5.16. The second kappa shape index (κ2) is 9.77. The highest BCUT2D eigenvalue weighted by Crippen LogP contribution is 2.45. The summed E-state index contributed by atoms with van der Waals surface area (Å²) in [6, 6.07) is 12.3. The van der Waals surface area contributed by atoms with Crippen LogP contribution in [-0.4, -0.2) is 0 Å². The zero-order chi connectivity index (χ0) is 19.1. The first kappa shape index (κ1) is 20.4. The number of unbranched alkanes of at least 4 members (excludes halogenated alkanes) is 2. The van der Waals surface area contributed by atoms with Gasteiger partial charge in [-0.05, 0) is 86.7 Å². The van der Waals surface area contributed by atoms with Crippen LogP contribution in [-0.2, 0) is 0 Å². The number of benzene rings is 1. The highest BCUT2D eigenvalue weighted by atomic mass is 14.4. The largest absolute Gasteiger partial charge is 0.198 e. The molecule has 0 radical (unpaired) electrons. The van der Waals surface area contributed by atoms with Crippen molar-refractivity contribution in [2.75, 3.05) is 0 Å². The molecule has 2 aliphatic carbocycles. The molecule has 0 aromatic heterocycles. The van der Waals surface area contributed by atoms with Gasteiger partial charge in [0.2, 0.25) is 0 Å². The minimum absolute atomic E-state index is 0.0355. The predicted octanol–water partition coefficient (Wildman–Crippen LogP) is 8.12. The van der Waals surface area contributed by atoms with Crippen LogP contribution in [0, 0.1) is 22.7 Å². The van der Waals surface area contributed by atoms with Crippen LogP contribution in [0.15, 0.2) is 24.3 Å². The Balaban J connectivity index is 1.49. The van der Waals surface area contributed by atoms with Crippen molar-refractivity contribution < 1.29 is 0 Å². The Hall–Kier alpha value is -1.29. The van der Waals surface area contributed by atoms with E-state index in [4.69, 9.17) is 0 Å². The third-order valence-corrected chi connectivity index (χ3v) is 7.80. The molecule has 148 valence electrons. The molecule has 0 saturated heterocycles. The third-order valence-electron chi connectivity index (χ3n) is 7.80. The van der Waals surface area contributed by atoms with Gasteiger partial charge in [0.05, 0.1) is 11.5 Å². The Morgan fingerprint density at radius 1 is 0.852 bits per heavy atom. The number of rotatable bonds is 7. The van der Waals surface area contributed by atoms with Crippen molar-refractivity contribution in [1.82, 2.24) is 0 Å². The molecule has 0 N–H and O–H groups in total. The van der Waals surface area contributed by atoms with Gasteiger partial charge in [-0.15, -0.1) is 0 Å². The van der Waals surface area contributed by atoms with E-state index in [-0.39, 0.29) is 5.41 Å². The van der Waals surface area contributed by atoms with E-state index in [1.807, 2.05) is 0 Å². The summed E-state index contributed by atoms with van der Waals surface area (Å²) in [5.41, 5.74) is 3.04. The maximum atomic E-state index is 9.51. The Labute approximate surface area is 167 Å². The van der Waals surface area contributed by atoms with Crippen molar-refractivity contribution in [1.29, 1.82) is 5.26 Å². The van der Waals surface area contributed by atoms with Crippen molar-refractivity contribution in [2.24, 2.45) is 11.3 Å². The molecule has 0 unspecified atom stereocenters. The lowest BCUT2D eigenvalue weighted by Crippen LogP contribution is -2.24. The first-order valence-electron chi connectivity index (χ1n) is 11.7. The van der Waals surface area contributed by atoms with Gasteiger partial charge in [-0.25, -0.2) is 0 Å². The Morgan fingerprint density at radius 2 is 1.41 bits per heavy atom. The Kier molecular flexibility index (Phi) is 7.40. The normalized spacial score (nSPS) is 31.4. The van der Waals surface area contributed by atoms with Crippen molar-refractivity contribution in [3.63, 3.8) is 0 Å². The molecule has 27 heavy (non-hydrogen) atoms. The molecule has 1 nitrogen and oxygen atoms in total. The number of hydrogen-bond donors (Lipinski definition) is 0. The average molecular weight is 366 g/mol. The molecule has 1 aromatic carbocycles. The number of nitriles is 1. The van der Waals surface area contributed by atoms with Gasteiger partial charge in [-0.1, -0.05) is 63.8 Å². The van der Waals surface area contributed by atoms with Crippen LogP contribution in [0.5, 0.6) is 0 Å². The Morgan fingerprint density at radius 3 is 1.89 bits per heavy atom. The summed E-state index contributed by atoms with van der Waals surface area (Å²) in [6.45, 7) is 4.48. The summed E-state index contributed by atoms with van der Waals surface area (Å²) >= 11 is 0. The molecule has 3 rings (SSSR count). The van der Waals surface area contributed by atoms with Crippen LogP contribution in [0.3, 0.4) is 0 Å². The van der Waals surface area contributed by atoms with Gasteiger partial charge in [-0.2, -0.15) is 5.26 Å². The lowest BCUT2D eigenvalue weighted by molar-refractivity contribution is 0.238. The van der Waals surface area contributed by atoms with Crippen molar-refractivity contribution >= 4 is 0 Å². The van der Waals surface area contributed by atoms with Gasteiger partial charge in [-0.3, -0.25) is 0 Å². The number of nitrogens with zero attached hydrogens (tertiary/aromatic N) is 1. The minimum Gasteiger partial charge on any atom is -0.198 e. The van der Waals surface area contributed by atoms with E-state index < -0.39 is 0 Å². The molecule has 0 spiro atoms. The van der Waals surface area contributed by atoms with Crippen LogP contribution in [0.25, 0.3) is 0 Å². The predicted molar refractivity (Wildman–Crippen MR) is 115 cm³/mol. The zero-order valence-electron chi connectivity index (χ0n) is 17.7. The van der Waals surface area contributed by atoms with Crippen molar-refractivity contribution in [2.45, 2.75) is 109 Å². The highest BCUT2D eigenvalue weighted by molar-refractivity contribution is 5.28. The van der Waals surface area contributed by atoms with Gasteiger partial charge in [0, 0.05) is 0 Å². The topological polar surface area (TPSA) is 23.8 Å². The maximum Gasteiger partial charge on any atom is 0.0689 e. The second-order valence-electron chi connectivity index (χ2n) is 9.40. The van der Waals surface area contributed by atoms with Crippen molar-refractivity contribution in [3.8, 4) is 6.07 Å². The van der Waals surface area contributed by atoms with Gasteiger partial charge >= 0.3 is 0 Å². The van der Waals surface area contributed by atoms with Gasteiger partial charge in [0.1, 0.15) is 0 Å². The van der Waals surface area contributed by atoms with Crippen LogP contribution in [0.2, 0.25) is 0 Å². The van der Waals surface area contributed by atoms with Crippen LogP contribution in [0.1, 0.15) is 120 Å². The first-order valence-corrected chi connectivity index (χ1v) is 11.7. The second-order valence-corrected chi connectivity index (χ2v) is 9.40. The standard InChI is InChI=1S/C26H39N/c1-3-5-6-7-21-8-10-22(11-9-21)23-12-14-24(15-13-23)25-16-18-26(4-2,20-27)19-17-25/h12-15,21-22,25H,3-11,16-19H2,1-2H3/t21-,22-,25-,26-. The summed E-state index contributed by atoms with van der Waals surface area (Å²) in [5.74, 6) is 2.45. The quantitative estimate of drug-likeness (QED) is 0.447. The molecular formula is C26H39N. The van der Waals surface area contributed by atoms with Crippen molar-refractivity contribution in [3.05, 3.63) is 35.4 Å². The average Bonchev–Trinajstić information content (AvgIpc) is 2.75.